The Labute approximate surface area is 81.9 Å². The monoisotopic (exact) mass is 201 g/mol. The lowest BCUT2D eigenvalue weighted by molar-refractivity contribution is 0.101. The molecule has 13 heavy (non-hydrogen) atoms. The van der Waals surface area contributed by atoms with Crippen molar-refractivity contribution in [1.82, 2.24) is 4.98 Å². The number of hydrogen-bond acceptors (Lipinski definition) is 3. The van der Waals surface area contributed by atoms with Crippen LogP contribution in [0, 0.1) is 0 Å². The van der Waals surface area contributed by atoms with Crippen molar-refractivity contribution < 1.29 is 8.68 Å². The summed E-state index contributed by atoms with van der Waals surface area (Å²) in [7, 11) is 0. The molecule has 0 amide bonds. The minimum atomic E-state index is -0.0621. The molecule has 1 heterocycles. The van der Waals surface area contributed by atoms with E-state index in [1.54, 1.807) is 6.07 Å². The fourth-order valence-corrected chi connectivity index (χ4v) is 0.846. The number of carbonyl (C=O) groups excluding carboxylic acids is 1. The van der Waals surface area contributed by atoms with Gasteiger partial charge in [0, 0.05) is 11.8 Å². The van der Waals surface area contributed by atoms with Crippen molar-refractivity contribution in [3.05, 3.63) is 23.9 Å². The molecule has 0 atom stereocenters. The van der Waals surface area contributed by atoms with E-state index in [0.29, 0.717) is 5.56 Å². The molecule has 0 bridgehead atoms. The summed E-state index contributed by atoms with van der Waals surface area (Å²) < 4.78 is 11.8. The summed E-state index contributed by atoms with van der Waals surface area (Å²) in [6.07, 6.45) is 1.37. The molecule has 72 valence electrons. The second-order valence-corrected chi connectivity index (χ2v) is 2.59. The van der Waals surface area contributed by atoms with Gasteiger partial charge in [-0.15, -0.1) is 0 Å². The predicted octanol–water partition coefficient (Wildman–Crippen LogP) is 3.29. The van der Waals surface area contributed by atoms with Crippen LogP contribution in [0.3, 0.4) is 0 Å². The molecule has 0 N–H and O–H groups in total. The largest absolute Gasteiger partial charge is 0.294 e. The number of rotatable bonds is 2. The highest BCUT2D eigenvalue weighted by atomic mass is 32.2. The maximum absolute atomic E-state index is 11.8. The fraction of sp³-hybridized carbons (Fsp3) is 0.333. The van der Waals surface area contributed by atoms with Gasteiger partial charge in [-0.05, 0) is 19.1 Å². The fourth-order valence-electron chi connectivity index (χ4n) is 0.634. The van der Waals surface area contributed by atoms with E-state index in [4.69, 9.17) is 0 Å². The van der Waals surface area contributed by atoms with E-state index < -0.39 is 0 Å². The summed E-state index contributed by atoms with van der Waals surface area (Å²) in [5, 5.41) is 0.273. The average Bonchev–Trinajstić information content (AvgIpc) is 2.21. The minimum Gasteiger partial charge on any atom is -0.294 e. The first-order valence-electron chi connectivity index (χ1n) is 3.99. The van der Waals surface area contributed by atoms with Gasteiger partial charge in [-0.1, -0.05) is 13.8 Å². The van der Waals surface area contributed by atoms with Crippen LogP contribution in [0.15, 0.2) is 23.4 Å². The van der Waals surface area contributed by atoms with Crippen LogP contribution in [0.25, 0.3) is 0 Å². The van der Waals surface area contributed by atoms with E-state index in [1.807, 2.05) is 13.8 Å². The van der Waals surface area contributed by atoms with Gasteiger partial charge in [0.2, 0.25) is 0 Å². The van der Waals surface area contributed by atoms with Gasteiger partial charge in [-0.2, -0.15) is 3.89 Å². The summed E-state index contributed by atoms with van der Waals surface area (Å²) in [6.45, 7) is 5.44. The lowest BCUT2D eigenvalue weighted by Crippen LogP contribution is -1.92. The Morgan fingerprint density at radius 2 is 2.08 bits per heavy atom. The van der Waals surface area contributed by atoms with Gasteiger partial charge in [0.15, 0.2) is 5.78 Å². The summed E-state index contributed by atoms with van der Waals surface area (Å²) >= 11 is 0.0668. The molecule has 1 aromatic heterocycles. The standard InChI is InChI=1S/C7H6FNOS.C2H6/c1-5(10)6-2-3-7(11-8)9-4-6;1-2/h2-4H,1H3;1-2H3. The lowest BCUT2D eigenvalue weighted by Gasteiger charge is -1.93. The zero-order valence-electron chi connectivity index (χ0n) is 7.87. The number of carbonyl (C=O) groups is 1. The van der Waals surface area contributed by atoms with Crippen molar-refractivity contribution in [2.75, 3.05) is 0 Å². The normalized spacial score (nSPS) is 8.62. The van der Waals surface area contributed by atoms with E-state index in [2.05, 4.69) is 4.98 Å². The maximum Gasteiger partial charge on any atom is 0.161 e. The number of hydrogen-bond donors (Lipinski definition) is 0. The molecule has 0 saturated carbocycles. The molecule has 0 aliphatic rings. The van der Waals surface area contributed by atoms with Gasteiger partial charge in [-0.25, -0.2) is 4.98 Å². The zero-order chi connectivity index (χ0) is 10.3. The van der Waals surface area contributed by atoms with Crippen LogP contribution in [-0.2, 0) is 0 Å². The summed E-state index contributed by atoms with van der Waals surface area (Å²) in [5.41, 5.74) is 0.503. The van der Waals surface area contributed by atoms with Gasteiger partial charge in [0.25, 0.3) is 0 Å². The van der Waals surface area contributed by atoms with Crippen LogP contribution in [-0.4, -0.2) is 10.8 Å². The molecular formula is C9H12FNOS. The van der Waals surface area contributed by atoms with E-state index >= 15 is 0 Å². The van der Waals surface area contributed by atoms with Crippen molar-refractivity contribution in [1.29, 1.82) is 0 Å². The molecule has 2 nitrogen and oxygen atoms in total. The van der Waals surface area contributed by atoms with Crippen molar-refractivity contribution in [3.63, 3.8) is 0 Å². The number of ketones is 1. The third kappa shape index (κ3) is 4.03. The molecule has 0 unspecified atom stereocenters. The van der Waals surface area contributed by atoms with Crippen molar-refractivity contribution >= 4 is 17.9 Å². The predicted molar refractivity (Wildman–Crippen MR) is 52.6 cm³/mol. The molecule has 0 fully saturated rings. The van der Waals surface area contributed by atoms with E-state index in [9.17, 15) is 8.68 Å². The molecule has 4 heteroatoms. The summed E-state index contributed by atoms with van der Waals surface area (Å²) in [5.74, 6) is -0.0621. The van der Waals surface area contributed by atoms with Crippen LogP contribution < -0.4 is 0 Å². The number of aromatic nitrogens is 1. The van der Waals surface area contributed by atoms with Crippen molar-refractivity contribution in [3.8, 4) is 0 Å². The molecular weight excluding hydrogens is 189 g/mol. The van der Waals surface area contributed by atoms with Gasteiger partial charge in [0.05, 0.1) is 0 Å². The number of nitrogens with zero attached hydrogens (tertiary/aromatic N) is 1. The third-order valence-electron chi connectivity index (χ3n) is 1.22. The first-order chi connectivity index (χ1) is 6.24. The highest BCUT2D eigenvalue weighted by Crippen LogP contribution is 2.15. The van der Waals surface area contributed by atoms with Crippen LogP contribution in [0.1, 0.15) is 31.1 Å². The molecule has 0 saturated heterocycles. The van der Waals surface area contributed by atoms with Crippen LogP contribution in [0.4, 0.5) is 3.89 Å². The summed E-state index contributed by atoms with van der Waals surface area (Å²) in [6, 6.07) is 3.03. The number of halogens is 1. The average molecular weight is 201 g/mol. The van der Waals surface area contributed by atoms with Gasteiger partial charge in [-0.3, -0.25) is 4.79 Å². The van der Waals surface area contributed by atoms with Crippen molar-refractivity contribution in [2.24, 2.45) is 0 Å². The van der Waals surface area contributed by atoms with Crippen LogP contribution >= 0.6 is 12.1 Å². The lowest BCUT2D eigenvalue weighted by atomic mass is 10.2. The highest BCUT2D eigenvalue weighted by molar-refractivity contribution is 7.94. The van der Waals surface area contributed by atoms with Gasteiger partial charge < -0.3 is 0 Å². The van der Waals surface area contributed by atoms with Gasteiger partial charge in [0.1, 0.15) is 17.2 Å². The Bertz CT molecular complexity index is 261. The maximum atomic E-state index is 11.8. The number of Topliss-reactive ketones (excluding diaryl/α,β-unsaturated/α-hetero) is 1. The Balaban J connectivity index is 0.000000671. The van der Waals surface area contributed by atoms with Gasteiger partial charge >= 0.3 is 0 Å². The molecule has 0 spiro atoms. The quantitative estimate of drug-likeness (QED) is 0.688. The van der Waals surface area contributed by atoms with E-state index in [-0.39, 0.29) is 23.0 Å². The third-order valence-corrected chi connectivity index (χ3v) is 1.62. The second-order valence-electron chi connectivity index (χ2n) is 2.02. The van der Waals surface area contributed by atoms with Crippen LogP contribution in [0.2, 0.25) is 0 Å². The smallest absolute Gasteiger partial charge is 0.161 e. The number of pyridine rings is 1. The van der Waals surface area contributed by atoms with Crippen LogP contribution in [0.5, 0.6) is 0 Å². The summed E-state index contributed by atoms with van der Waals surface area (Å²) in [4.78, 5) is 14.4. The molecule has 1 aromatic rings. The Morgan fingerprint density at radius 1 is 1.46 bits per heavy atom. The molecule has 1 rings (SSSR count). The molecule has 0 aliphatic carbocycles. The molecule has 0 radical (unpaired) electrons. The first kappa shape index (κ1) is 12.1. The van der Waals surface area contributed by atoms with E-state index in [1.165, 1.54) is 19.2 Å². The highest BCUT2D eigenvalue weighted by Gasteiger charge is 1.99. The molecule has 0 aliphatic heterocycles. The second kappa shape index (κ2) is 6.60. The van der Waals surface area contributed by atoms with Crippen molar-refractivity contribution in [2.45, 2.75) is 25.8 Å². The Hall–Kier alpha value is -0.900. The SMILES string of the molecule is CC.CC(=O)c1ccc(SF)nc1. The minimum absolute atomic E-state index is 0.0621. The zero-order valence-corrected chi connectivity index (χ0v) is 8.69. The van der Waals surface area contributed by atoms with E-state index in [0.717, 1.165) is 0 Å². The topological polar surface area (TPSA) is 30.0 Å². The first-order valence-corrected chi connectivity index (χ1v) is 4.71. The Morgan fingerprint density at radius 3 is 2.38 bits per heavy atom. The molecule has 0 aromatic carbocycles. The Kier molecular flexibility index (Phi) is 6.14.